The van der Waals surface area contributed by atoms with Crippen LogP contribution in [0.15, 0.2) is 36.5 Å². The average molecular weight is 187 g/mol. The predicted molar refractivity (Wildman–Crippen MR) is 51.8 cm³/mol. The van der Waals surface area contributed by atoms with E-state index in [2.05, 4.69) is 15.4 Å². The minimum absolute atomic E-state index is 0.492. The zero-order valence-electron chi connectivity index (χ0n) is 7.71. The van der Waals surface area contributed by atoms with E-state index >= 15 is 0 Å². The van der Waals surface area contributed by atoms with E-state index in [4.69, 9.17) is 4.74 Å². The first kappa shape index (κ1) is 8.62. The number of benzene rings is 1. The standard InChI is InChI=1S/C10H9N3O/c1-14-10-9(7-11-13-12-10)8-5-3-2-4-6-8/h2-7H,1H3. The summed E-state index contributed by atoms with van der Waals surface area (Å²) in [5.41, 5.74) is 1.87. The molecule has 0 bridgehead atoms. The molecule has 0 radical (unpaired) electrons. The van der Waals surface area contributed by atoms with Crippen LogP contribution in [0.25, 0.3) is 11.1 Å². The van der Waals surface area contributed by atoms with Crippen LogP contribution in [0.4, 0.5) is 0 Å². The second-order valence-corrected chi connectivity index (χ2v) is 2.72. The van der Waals surface area contributed by atoms with E-state index in [9.17, 15) is 0 Å². The van der Waals surface area contributed by atoms with Gasteiger partial charge in [0.15, 0.2) is 0 Å². The van der Waals surface area contributed by atoms with Crippen molar-refractivity contribution < 1.29 is 4.74 Å². The zero-order valence-corrected chi connectivity index (χ0v) is 7.71. The quantitative estimate of drug-likeness (QED) is 0.715. The number of hydrogen-bond acceptors (Lipinski definition) is 4. The second kappa shape index (κ2) is 3.83. The SMILES string of the molecule is COc1nnncc1-c1ccccc1. The van der Waals surface area contributed by atoms with Gasteiger partial charge in [-0.3, -0.25) is 0 Å². The molecule has 2 aromatic rings. The van der Waals surface area contributed by atoms with Crippen LogP contribution in [-0.4, -0.2) is 22.5 Å². The van der Waals surface area contributed by atoms with Gasteiger partial charge in [-0.25, -0.2) is 0 Å². The molecule has 14 heavy (non-hydrogen) atoms. The van der Waals surface area contributed by atoms with Crippen LogP contribution in [0.5, 0.6) is 5.88 Å². The van der Waals surface area contributed by atoms with E-state index in [0.717, 1.165) is 11.1 Å². The minimum atomic E-state index is 0.492. The van der Waals surface area contributed by atoms with Gasteiger partial charge >= 0.3 is 0 Å². The lowest BCUT2D eigenvalue weighted by molar-refractivity contribution is 0.390. The Morgan fingerprint density at radius 2 is 1.93 bits per heavy atom. The summed E-state index contributed by atoms with van der Waals surface area (Å²) in [7, 11) is 1.57. The Morgan fingerprint density at radius 1 is 1.14 bits per heavy atom. The van der Waals surface area contributed by atoms with Crippen LogP contribution in [0, 0.1) is 0 Å². The molecular weight excluding hydrogens is 178 g/mol. The van der Waals surface area contributed by atoms with E-state index in [1.165, 1.54) is 0 Å². The first-order valence-electron chi connectivity index (χ1n) is 4.19. The molecule has 0 unspecified atom stereocenters. The van der Waals surface area contributed by atoms with E-state index in [1.54, 1.807) is 13.3 Å². The predicted octanol–water partition coefficient (Wildman–Crippen LogP) is 1.55. The van der Waals surface area contributed by atoms with Crippen molar-refractivity contribution in [2.24, 2.45) is 0 Å². The van der Waals surface area contributed by atoms with Crippen LogP contribution >= 0.6 is 0 Å². The third-order valence-corrected chi connectivity index (χ3v) is 1.88. The Morgan fingerprint density at radius 3 is 2.64 bits per heavy atom. The van der Waals surface area contributed by atoms with Crippen molar-refractivity contribution in [3.63, 3.8) is 0 Å². The Kier molecular flexibility index (Phi) is 2.36. The van der Waals surface area contributed by atoms with Crippen molar-refractivity contribution in [1.29, 1.82) is 0 Å². The molecular formula is C10H9N3O. The molecule has 1 heterocycles. The first-order valence-corrected chi connectivity index (χ1v) is 4.19. The van der Waals surface area contributed by atoms with Gasteiger partial charge in [-0.1, -0.05) is 35.4 Å². The Balaban J connectivity index is 2.51. The van der Waals surface area contributed by atoms with Gasteiger partial charge in [0, 0.05) is 0 Å². The van der Waals surface area contributed by atoms with Crippen LogP contribution in [-0.2, 0) is 0 Å². The number of aromatic nitrogens is 3. The summed E-state index contributed by atoms with van der Waals surface area (Å²) < 4.78 is 5.09. The molecule has 0 atom stereocenters. The second-order valence-electron chi connectivity index (χ2n) is 2.72. The summed E-state index contributed by atoms with van der Waals surface area (Å²) in [6.45, 7) is 0. The third kappa shape index (κ3) is 1.54. The molecule has 0 aliphatic rings. The van der Waals surface area contributed by atoms with Gasteiger partial charge in [0.25, 0.3) is 0 Å². The molecule has 0 aliphatic carbocycles. The summed E-state index contributed by atoms with van der Waals surface area (Å²) in [5.74, 6) is 0.492. The Hall–Kier alpha value is -1.97. The van der Waals surface area contributed by atoms with Crippen molar-refractivity contribution in [2.45, 2.75) is 0 Å². The molecule has 0 spiro atoms. The number of hydrogen-bond donors (Lipinski definition) is 0. The molecule has 1 aromatic heterocycles. The van der Waals surface area contributed by atoms with Crippen molar-refractivity contribution in [3.05, 3.63) is 36.5 Å². The van der Waals surface area contributed by atoms with Gasteiger partial charge in [-0.15, -0.1) is 5.10 Å². The van der Waals surface area contributed by atoms with Crippen molar-refractivity contribution in [3.8, 4) is 17.0 Å². The van der Waals surface area contributed by atoms with Gasteiger partial charge < -0.3 is 4.74 Å². The van der Waals surface area contributed by atoms with E-state index < -0.39 is 0 Å². The summed E-state index contributed by atoms with van der Waals surface area (Å²) in [5, 5.41) is 11.0. The van der Waals surface area contributed by atoms with Gasteiger partial charge in [0.05, 0.1) is 18.9 Å². The number of methoxy groups -OCH3 is 1. The average Bonchev–Trinajstić information content (AvgIpc) is 2.30. The fraction of sp³-hybridized carbons (Fsp3) is 0.100. The van der Waals surface area contributed by atoms with Crippen LogP contribution in [0.3, 0.4) is 0 Å². The molecule has 4 nitrogen and oxygen atoms in total. The maximum Gasteiger partial charge on any atom is 0.244 e. The highest BCUT2D eigenvalue weighted by Gasteiger charge is 2.06. The smallest absolute Gasteiger partial charge is 0.244 e. The van der Waals surface area contributed by atoms with Gasteiger partial charge in [-0.05, 0) is 10.8 Å². The third-order valence-electron chi connectivity index (χ3n) is 1.88. The molecule has 2 rings (SSSR count). The van der Waals surface area contributed by atoms with Gasteiger partial charge in [0.2, 0.25) is 5.88 Å². The molecule has 70 valence electrons. The lowest BCUT2D eigenvalue weighted by Crippen LogP contribution is -1.95. The maximum atomic E-state index is 5.09. The van der Waals surface area contributed by atoms with Crippen molar-refractivity contribution in [2.75, 3.05) is 7.11 Å². The van der Waals surface area contributed by atoms with E-state index in [-0.39, 0.29) is 0 Å². The van der Waals surface area contributed by atoms with E-state index in [1.807, 2.05) is 30.3 Å². The molecule has 1 aromatic carbocycles. The van der Waals surface area contributed by atoms with Crippen LogP contribution in [0.2, 0.25) is 0 Å². The number of rotatable bonds is 2. The first-order chi connectivity index (χ1) is 6.92. The van der Waals surface area contributed by atoms with Crippen LogP contribution in [0.1, 0.15) is 0 Å². The molecule has 0 saturated heterocycles. The lowest BCUT2D eigenvalue weighted by atomic mass is 10.1. The monoisotopic (exact) mass is 187 g/mol. The Labute approximate surface area is 81.6 Å². The highest BCUT2D eigenvalue weighted by atomic mass is 16.5. The molecule has 0 N–H and O–H groups in total. The van der Waals surface area contributed by atoms with Crippen molar-refractivity contribution in [1.82, 2.24) is 15.4 Å². The molecule has 0 fully saturated rings. The number of ether oxygens (including phenoxy) is 1. The Bertz CT molecular complexity index is 417. The molecule has 4 heteroatoms. The highest BCUT2D eigenvalue weighted by molar-refractivity contribution is 5.66. The van der Waals surface area contributed by atoms with Crippen LogP contribution < -0.4 is 4.74 Å². The maximum absolute atomic E-state index is 5.09. The fourth-order valence-electron chi connectivity index (χ4n) is 1.23. The zero-order chi connectivity index (χ0) is 9.80. The summed E-state index contributed by atoms with van der Waals surface area (Å²) >= 11 is 0. The highest BCUT2D eigenvalue weighted by Crippen LogP contribution is 2.25. The summed E-state index contributed by atoms with van der Waals surface area (Å²) in [6, 6.07) is 9.81. The fourth-order valence-corrected chi connectivity index (χ4v) is 1.23. The van der Waals surface area contributed by atoms with E-state index in [0.29, 0.717) is 5.88 Å². The summed E-state index contributed by atoms with van der Waals surface area (Å²) in [4.78, 5) is 0. The molecule has 0 saturated carbocycles. The minimum Gasteiger partial charge on any atom is -0.479 e. The molecule has 0 aliphatic heterocycles. The largest absolute Gasteiger partial charge is 0.479 e. The summed E-state index contributed by atoms with van der Waals surface area (Å²) in [6.07, 6.45) is 1.64. The normalized spacial score (nSPS) is 9.79. The van der Waals surface area contributed by atoms with Crippen molar-refractivity contribution >= 4 is 0 Å². The topological polar surface area (TPSA) is 47.9 Å². The lowest BCUT2D eigenvalue weighted by Gasteiger charge is -2.04. The number of nitrogens with zero attached hydrogens (tertiary/aromatic N) is 3. The van der Waals surface area contributed by atoms with Gasteiger partial charge in [0.1, 0.15) is 0 Å². The van der Waals surface area contributed by atoms with Gasteiger partial charge in [-0.2, -0.15) is 0 Å². The molecule has 0 amide bonds.